The predicted molar refractivity (Wildman–Crippen MR) is 63.3 cm³/mol. The minimum Gasteiger partial charge on any atom is -0.334 e. The van der Waals surface area contributed by atoms with Crippen molar-refractivity contribution in [3.8, 4) is 0 Å². The van der Waals surface area contributed by atoms with E-state index in [4.69, 9.17) is 9.05 Å². The Balaban J connectivity index is 2.13. The van der Waals surface area contributed by atoms with Crippen molar-refractivity contribution >= 4 is 8.38 Å². The zero-order valence-corrected chi connectivity index (χ0v) is 10.7. The largest absolute Gasteiger partial charge is 0.334 e. The summed E-state index contributed by atoms with van der Waals surface area (Å²) < 4.78 is 11.1. The van der Waals surface area contributed by atoms with Crippen LogP contribution in [0.25, 0.3) is 0 Å². The molecule has 1 saturated heterocycles. The van der Waals surface area contributed by atoms with Crippen molar-refractivity contribution in [2.75, 3.05) is 52.1 Å². The third-order valence-electron chi connectivity index (χ3n) is 2.29. The van der Waals surface area contributed by atoms with Gasteiger partial charge in [0.2, 0.25) is 0 Å². The van der Waals surface area contributed by atoms with Crippen LogP contribution in [0.1, 0.15) is 13.8 Å². The van der Waals surface area contributed by atoms with Crippen LogP contribution in [0.15, 0.2) is 0 Å². The first-order valence-electron chi connectivity index (χ1n) is 5.75. The summed E-state index contributed by atoms with van der Waals surface area (Å²) >= 11 is 0. The van der Waals surface area contributed by atoms with Gasteiger partial charge < -0.3 is 13.9 Å². The summed E-state index contributed by atoms with van der Waals surface area (Å²) in [5, 5.41) is 4.33. The molecule has 0 N–H and O–H groups in total. The molecule has 15 heavy (non-hydrogen) atoms. The van der Waals surface area contributed by atoms with E-state index in [-0.39, 0.29) is 0 Å². The van der Waals surface area contributed by atoms with E-state index in [2.05, 4.69) is 10.2 Å². The van der Waals surface area contributed by atoms with E-state index in [1.165, 1.54) is 0 Å². The molecule has 0 saturated carbocycles. The molecule has 4 nitrogen and oxygen atoms in total. The van der Waals surface area contributed by atoms with E-state index in [9.17, 15) is 0 Å². The van der Waals surface area contributed by atoms with E-state index in [0.29, 0.717) is 0 Å². The van der Waals surface area contributed by atoms with E-state index in [1.54, 1.807) is 0 Å². The molecular formula is C10H22N2O2P. The fraction of sp³-hybridized carbons (Fsp3) is 1.00. The molecule has 1 rings (SSSR count). The summed E-state index contributed by atoms with van der Waals surface area (Å²) in [5.74, 6) is 0. The Labute approximate surface area is 94.2 Å². The maximum Gasteiger partial charge on any atom is 0.171 e. The monoisotopic (exact) mass is 233 g/mol. The molecule has 1 radical (unpaired) electrons. The molecule has 0 aromatic rings. The predicted octanol–water partition coefficient (Wildman–Crippen LogP) is 1.29. The van der Waals surface area contributed by atoms with Crippen molar-refractivity contribution in [3.63, 3.8) is 0 Å². The van der Waals surface area contributed by atoms with Crippen LogP contribution in [-0.4, -0.2) is 57.0 Å². The fourth-order valence-corrected chi connectivity index (χ4v) is 2.90. The molecule has 89 valence electrons. The smallest absolute Gasteiger partial charge is 0.171 e. The van der Waals surface area contributed by atoms with Crippen LogP contribution in [0.2, 0.25) is 0 Å². The Hall–Kier alpha value is 0.270. The van der Waals surface area contributed by atoms with Crippen LogP contribution in [-0.2, 0) is 9.05 Å². The number of hydrogen-bond acceptors (Lipinski definition) is 3. The number of piperazine rings is 1. The molecule has 5 heteroatoms. The van der Waals surface area contributed by atoms with Gasteiger partial charge in [-0.25, -0.2) is 5.32 Å². The summed E-state index contributed by atoms with van der Waals surface area (Å²) in [5.41, 5.74) is 0. The molecule has 0 spiro atoms. The summed E-state index contributed by atoms with van der Waals surface area (Å²) in [6.45, 7) is 10.8. The topological polar surface area (TPSA) is 35.8 Å². The van der Waals surface area contributed by atoms with Crippen LogP contribution >= 0.6 is 8.38 Å². The highest BCUT2D eigenvalue weighted by Crippen LogP contribution is 2.37. The van der Waals surface area contributed by atoms with Crippen molar-refractivity contribution < 1.29 is 9.05 Å². The van der Waals surface area contributed by atoms with Gasteiger partial charge in [0.25, 0.3) is 0 Å². The lowest BCUT2D eigenvalue weighted by molar-refractivity contribution is 0.236. The van der Waals surface area contributed by atoms with Gasteiger partial charge in [-0.3, -0.25) is 0 Å². The average molecular weight is 233 g/mol. The second kappa shape index (κ2) is 8.43. The Bertz CT molecular complexity index is 148. The Morgan fingerprint density at radius 3 is 2.27 bits per heavy atom. The van der Waals surface area contributed by atoms with Gasteiger partial charge in [-0.1, -0.05) is 0 Å². The lowest BCUT2D eigenvalue weighted by Gasteiger charge is -2.27. The molecule has 1 aliphatic rings. The number of nitrogens with zero attached hydrogens (tertiary/aromatic N) is 2. The number of rotatable bonds is 7. The van der Waals surface area contributed by atoms with Gasteiger partial charge in [0.15, 0.2) is 8.38 Å². The van der Waals surface area contributed by atoms with Gasteiger partial charge in [-0.05, 0) is 13.8 Å². The Kier molecular flexibility index (Phi) is 7.49. The molecular weight excluding hydrogens is 211 g/mol. The first-order valence-corrected chi connectivity index (χ1v) is 7.12. The van der Waals surface area contributed by atoms with Gasteiger partial charge in [0, 0.05) is 38.9 Å². The molecule has 0 atom stereocenters. The van der Waals surface area contributed by atoms with Crippen molar-refractivity contribution in [3.05, 3.63) is 0 Å². The second-order valence-corrected chi connectivity index (χ2v) is 5.03. The SMILES string of the molecule is CCOP(CCN1CC[N]CC1)OCC. The Morgan fingerprint density at radius 1 is 1.13 bits per heavy atom. The normalized spacial score (nSPS) is 18.6. The molecule has 1 aliphatic heterocycles. The van der Waals surface area contributed by atoms with E-state index < -0.39 is 8.38 Å². The van der Waals surface area contributed by atoms with E-state index in [0.717, 1.165) is 52.1 Å². The van der Waals surface area contributed by atoms with Crippen LogP contribution in [0, 0.1) is 0 Å². The van der Waals surface area contributed by atoms with Crippen LogP contribution < -0.4 is 5.32 Å². The number of hydrogen-bond donors (Lipinski definition) is 0. The summed E-state index contributed by atoms with van der Waals surface area (Å²) in [6.07, 6.45) is 1.02. The van der Waals surface area contributed by atoms with Gasteiger partial charge in [0.05, 0.1) is 13.2 Å². The average Bonchev–Trinajstić information content (AvgIpc) is 2.28. The summed E-state index contributed by atoms with van der Waals surface area (Å²) in [7, 11) is -0.658. The quantitative estimate of drug-likeness (QED) is 0.622. The molecule has 0 unspecified atom stereocenters. The lowest BCUT2D eigenvalue weighted by Crippen LogP contribution is -2.41. The second-order valence-electron chi connectivity index (χ2n) is 3.40. The molecule has 0 aromatic carbocycles. The first kappa shape index (κ1) is 13.3. The van der Waals surface area contributed by atoms with Crippen molar-refractivity contribution in [1.82, 2.24) is 10.2 Å². The standard InChI is InChI=1S/C10H22N2O2P/c1-3-13-15(14-4-2)10-9-12-7-5-11-6-8-12/h3-10H2,1-2H3. The first-order chi connectivity index (χ1) is 7.36. The molecule has 0 aromatic heterocycles. The summed E-state index contributed by atoms with van der Waals surface area (Å²) in [6, 6.07) is 0. The van der Waals surface area contributed by atoms with Gasteiger partial charge >= 0.3 is 0 Å². The third-order valence-corrected chi connectivity index (χ3v) is 3.95. The highest BCUT2D eigenvalue weighted by Gasteiger charge is 2.14. The third kappa shape index (κ3) is 5.79. The minimum absolute atomic E-state index is 0.658. The fourth-order valence-electron chi connectivity index (χ4n) is 1.55. The molecule has 1 heterocycles. The lowest BCUT2D eigenvalue weighted by atomic mass is 10.4. The molecule has 0 amide bonds. The van der Waals surface area contributed by atoms with Gasteiger partial charge in [-0.2, -0.15) is 0 Å². The van der Waals surface area contributed by atoms with Crippen LogP contribution in [0.3, 0.4) is 0 Å². The van der Waals surface area contributed by atoms with Crippen molar-refractivity contribution in [2.24, 2.45) is 0 Å². The zero-order chi connectivity index (χ0) is 10.9. The highest BCUT2D eigenvalue weighted by atomic mass is 31.2. The summed E-state index contributed by atoms with van der Waals surface area (Å²) in [4.78, 5) is 2.44. The van der Waals surface area contributed by atoms with Gasteiger partial charge in [0.1, 0.15) is 0 Å². The maximum atomic E-state index is 5.57. The van der Waals surface area contributed by atoms with Crippen LogP contribution in [0.4, 0.5) is 0 Å². The van der Waals surface area contributed by atoms with Gasteiger partial charge in [-0.15, -0.1) is 0 Å². The molecule has 0 aliphatic carbocycles. The minimum atomic E-state index is -0.658. The Morgan fingerprint density at radius 2 is 1.73 bits per heavy atom. The van der Waals surface area contributed by atoms with Crippen molar-refractivity contribution in [1.29, 1.82) is 0 Å². The highest BCUT2D eigenvalue weighted by molar-refractivity contribution is 7.47. The van der Waals surface area contributed by atoms with Crippen LogP contribution in [0.5, 0.6) is 0 Å². The zero-order valence-electron chi connectivity index (χ0n) is 9.81. The van der Waals surface area contributed by atoms with E-state index in [1.807, 2.05) is 13.8 Å². The molecule has 1 fully saturated rings. The maximum absolute atomic E-state index is 5.57. The molecule has 0 bridgehead atoms. The van der Waals surface area contributed by atoms with Crippen molar-refractivity contribution in [2.45, 2.75) is 13.8 Å². The van der Waals surface area contributed by atoms with E-state index >= 15 is 0 Å².